The van der Waals surface area contributed by atoms with E-state index in [1.165, 1.54) is 5.56 Å². The van der Waals surface area contributed by atoms with Gasteiger partial charge in [0, 0.05) is 16.1 Å². The lowest BCUT2D eigenvalue weighted by atomic mass is 10.1. The van der Waals surface area contributed by atoms with Crippen molar-refractivity contribution < 1.29 is 0 Å². The Morgan fingerprint density at radius 3 is 2.92 bits per heavy atom. The Labute approximate surface area is 78.8 Å². The van der Waals surface area contributed by atoms with Crippen molar-refractivity contribution in [2.75, 3.05) is 0 Å². The predicted octanol–water partition coefficient (Wildman–Crippen LogP) is 2.70. The van der Waals surface area contributed by atoms with Gasteiger partial charge in [0.1, 0.15) is 6.33 Å². The van der Waals surface area contributed by atoms with Crippen molar-refractivity contribution in [1.29, 1.82) is 0 Å². The highest BCUT2D eigenvalue weighted by Gasteiger charge is 2.00. The van der Waals surface area contributed by atoms with E-state index in [0.717, 1.165) is 15.4 Å². The molecule has 60 valence electrons. The van der Waals surface area contributed by atoms with E-state index < -0.39 is 0 Å². The van der Waals surface area contributed by atoms with Gasteiger partial charge >= 0.3 is 0 Å². The van der Waals surface area contributed by atoms with Crippen LogP contribution in [0.5, 0.6) is 0 Å². The Bertz CT molecular complexity index is 385. The number of hydrogen-bond acceptors (Lipinski definition) is 2. The molecule has 0 N–H and O–H groups in total. The van der Waals surface area contributed by atoms with Crippen molar-refractivity contribution in [3.8, 4) is 0 Å². The molecule has 0 radical (unpaired) electrons. The van der Waals surface area contributed by atoms with E-state index in [1.54, 1.807) is 6.33 Å². The molecule has 1 heterocycles. The molecule has 0 aliphatic heterocycles. The van der Waals surface area contributed by atoms with Crippen LogP contribution in [0, 0.1) is 6.92 Å². The van der Waals surface area contributed by atoms with Gasteiger partial charge in [-0.15, -0.1) is 0 Å². The topological polar surface area (TPSA) is 25.8 Å². The highest BCUT2D eigenvalue weighted by molar-refractivity contribution is 9.10. The second-order valence-electron chi connectivity index (χ2n) is 2.65. The SMILES string of the molecule is Cc1ccc(Br)c2ncncc12. The summed E-state index contributed by atoms with van der Waals surface area (Å²) in [5, 5.41) is 1.10. The van der Waals surface area contributed by atoms with Crippen LogP contribution in [0.1, 0.15) is 5.56 Å². The van der Waals surface area contributed by atoms with Crippen LogP contribution in [-0.2, 0) is 0 Å². The molecule has 0 aliphatic carbocycles. The Kier molecular flexibility index (Phi) is 1.81. The quantitative estimate of drug-likeness (QED) is 0.686. The second kappa shape index (κ2) is 2.83. The van der Waals surface area contributed by atoms with Crippen LogP contribution in [0.25, 0.3) is 10.9 Å². The zero-order chi connectivity index (χ0) is 8.55. The van der Waals surface area contributed by atoms with Crippen LogP contribution < -0.4 is 0 Å². The average Bonchev–Trinajstić information content (AvgIpc) is 2.12. The van der Waals surface area contributed by atoms with Gasteiger partial charge in [-0.1, -0.05) is 6.07 Å². The molecule has 2 nitrogen and oxygen atoms in total. The molecule has 0 unspecified atom stereocenters. The Hall–Kier alpha value is -0.960. The van der Waals surface area contributed by atoms with Gasteiger partial charge in [-0.2, -0.15) is 0 Å². The van der Waals surface area contributed by atoms with E-state index >= 15 is 0 Å². The maximum atomic E-state index is 4.18. The van der Waals surface area contributed by atoms with Gasteiger partial charge in [0.15, 0.2) is 0 Å². The first-order valence-electron chi connectivity index (χ1n) is 3.64. The lowest BCUT2D eigenvalue weighted by molar-refractivity contribution is 1.21. The highest BCUT2D eigenvalue weighted by Crippen LogP contribution is 2.23. The minimum Gasteiger partial charge on any atom is -0.244 e. The molecule has 0 saturated heterocycles. The van der Waals surface area contributed by atoms with Crippen LogP contribution in [0.3, 0.4) is 0 Å². The van der Waals surface area contributed by atoms with E-state index in [9.17, 15) is 0 Å². The standard InChI is InChI=1S/C9H7BrN2/c1-6-2-3-8(10)9-7(6)4-11-5-12-9/h2-5H,1H3. The molecule has 1 aromatic carbocycles. The summed E-state index contributed by atoms with van der Waals surface area (Å²) in [6, 6.07) is 4.06. The molecule has 0 aliphatic rings. The molecular formula is C9H7BrN2. The Balaban J connectivity index is 2.95. The zero-order valence-corrected chi connectivity index (χ0v) is 8.17. The lowest BCUT2D eigenvalue weighted by Gasteiger charge is -2.00. The fraction of sp³-hybridized carbons (Fsp3) is 0.111. The fourth-order valence-electron chi connectivity index (χ4n) is 1.18. The molecular weight excluding hydrogens is 216 g/mol. The molecule has 0 saturated carbocycles. The monoisotopic (exact) mass is 222 g/mol. The largest absolute Gasteiger partial charge is 0.244 e. The summed E-state index contributed by atoms with van der Waals surface area (Å²) in [6.45, 7) is 2.05. The van der Waals surface area contributed by atoms with E-state index in [4.69, 9.17) is 0 Å². The summed E-state index contributed by atoms with van der Waals surface area (Å²) < 4.78 is 1.02. The van der Waals surface area contributed by atoms with Gasteiger partial charge in [0.2, 0.25) is 0 Å². The zero-order valence-electron chi connectivity index (χ0n) is 6.58. The molecule has 1 aromatic heterocycles. The maximum Gasteiger partial charge on any atom is 0.116 e. The van der Waals surface area contributed by atoms with Crippen molar-refractivity contribution in [3.05, 3.63) is 34.7 Å². The minimum atomic E-state index is 0.977. The van der Waals surface area contributed by atoms with Crippen LogP contribution in [-0.4, -0.2) is 9.97 Å². The van der Waals surface area contributed by atoms with Gasteiger partial charge in [0.05, 0.1) is 5.52 Å². The average molecular weight is 223 g/mol. The summed E-state index contributed by atoms with van der Waals surface area (Å²) in [5.74, 6) is 0. The smallest absolute Gasteiger partial charge is 0.116 e. The van der Waals surface area contributed by atoms with Gasteiger partial charge in [-0.05, 0) is 34.5 Å². The van der Waals surface area contributed by atoms with Crippen LogP contribution in [0.2, 0.25) is 0 Å². The van der Waals surface area contributed by atoms with Crippen molar-refractivity contribution in [1.82, 2.24) is 9.97 Å². The number of rotatable bonds is 0. The first-order chi connectivity index (χ1) is 5.79. The van der Waals surface area contributed by atoms with Gasteiger partial charge in [0.25, 0.3) is 0 Å². The van der Waals surface area contributed by atoms with Crippen molar-refractivity contribution in [3.63, 3.8) is 0 Å². The van der Waals surface area contributed by atoms with Crippen molar-refractivity contribution >= 4 is 26.8 Å². The summed E-state index contributed by atoms with van der Waals surface area (Å²) in [6.07, 6.45) is 3.40. The third-order valence-corrected chi connectivity index (χ3v) is 2.48. The third kappa shape index (κ3) is 1.10. The summed E-state index contributed by atoms with van der Waals surface area (Å²) in [4.78, 5) is 8.17. The summed E-state index contributed by atoms with van der Waals surface area (Å²) >= 11 is 3.44. The molecule has 2 aromatic rings. The second-order valence-corrected chi connectivity index (χ2v) is 3.50. The first kappa shape index (κ1) is 7.68. The number of hydrogen-bond donors (Lipinski definition) is 0. The van der Waals surface area contributed by atoms with Crippen LogP contribution in [0.15, 0.2) is 29.1 Å². The molecule has 0 amide bonds. The number of fused-ring (bicyclic) bond motifs is 1. The predicted molar refractivity (Wildman–Crippen MR) is 52.0 cm³/mol. The van der Waals surface area contributed by atoms with Gasteiger partial charge in [-0.3, -0.25) is 0 Å². The van der Waals surface area contributed by atoms with E-state index in [1.807, 2.05) is 12.3 Å². The van der Waals surface area contributed by atoms with Crippen molar-refractivity contribution in [2.24, 2.45) is 0 Å². The third-order valence-electron chi connectivity index (χ3n) is 1.84. The minimum absolute atomic E-state index is 0.977. The molecule has 0 atom stereocenters. The number of benzene rings is 1. The van der Waals surface area contributed by atoms with E-state index in [0.29, 0.717) is 0 Å². The molecule has 2 rings (SSSR count). The molecule has 0 spiro atoms. The fourth-order valence-corrected chi connectivity index (χ4v) is 1.62. The normalized spacial score (nSPS) is 10.5. The molecule has 0 fully saturated rings. The first-order valence-corrected chi connectivity index (χ1v) is 4.43. The van der Waals surface area contributed by atoms with E-state index in [-0.39, 0.29) is 0 Å². The number of nitrogens with zero attached hydrogens (tertiary/aromatic N) is 2. The Morgan fingerprint density at radius 1 is 1.33 bits per heavy atom. The Morgan fingerprint density at radius 2 is 2.17 bits per heavy atom. The molecule has 3 heteroatoms. The van der Waals surface area contributed by atoms with Crippen LogP contribution >= 0.6 is 15.9 Å². The molecule has 12 heavy (non-hydrogen) atoms. The molecule has 0 bridgehead atoms. The van der Waals surface area contributed by atoms with E-state index in [2.05, 4.69) is 38.9 Å². The van der Waals surface area contributed by atoms with Gasteiger partial charge in [-0.25, -0.2) is 9.97 Å². The van der Waals surface area contributed by atoms with Crippen molar-refractivity contribution in [2.45, 2.75) is 6.92 Å². The number of aromatic nitrogens is 2. The summed E-state index contributed by atoms with van der Waals surface area (Å²) in [7, 11) is 0. The maximum absolute atomic E-state index is 4.18. The van der Waals surface area contributed by atoms with Gasteiger partial charge < -0.3 is 0 Å². The lowest BCUT2D eigenvalue weighted by Crippen LogP contribution is -1.84. The number of halogens is 1. The highest BCUT2D eigenvalue weighted by atomic mass is 79.9. The number of aryl methyl sites for hydroxylation is 1. The summed E-state index contributed by atoms with van der Waals surface area (Å²) in [5.41, 5.74) is 2.18. The van der Waals surface area contributed by atoms with Crippen LogP contribution in [0.4, 0.5) is 0 Å².